The first-order chi connectivity index (χ1) is 7.88. The molecule has 0 unspecified atom stereocenters. The van der Waals surface area contributed by atoms with Crippen LogP contribution in [-0.4, -0.2) is 27.9 Å². The zero-order valence-electron chi connectivity index (χ0n) is 8.83. The molecule has 0 aliphatic heterocycles. The predicted octanol–water partition coefficient (Wildman–Crippen LogP) is 1.02. The molecule has 0 saturated carbocycles. The maximum Gasteiger partial charge on any atom is 0.242 e. The lowest BCUT2D eigenvalue weighted by Crippen LogP contribution is -2.35. The minimum Gasteiger partial charge on any atom is -0.358 e. The third-order valence-electron chi connectivity index (χ3n) is 1.91. The fraction of sp³-hybridized carbons (Fsp3) is 0.222. The maximum absolute atomic E-state index is 11.8. The van der Waals surface area contributed by atoms with Gasteiger partial charge in [-0.2, -0.15) is 0 Å². The summed E-state index contributed by atoms with van der Waals surface area (Å²) in [7, 11) is -2.44. The molecule has 0 radical (unpaired) electrons. The minimum absolute atomic E-state index is 0.0708. The normalized spacial score (nSPS) is 11.2. The zero-order chi connectivity index (χ0) is 13.1. The molecule has 1 aromatic rings. The number of halogens is 2. The van der Waals surface area contributed by atoms with Crippen LogP contribution in [0, 0.1) is 0 Å². The molecule has 0 fully saturated rings. The van der Waals surface area contributed by atoms with Gasteiger partial charge in [-0.15, -0.1) is 0 Å². The highest BCUT2D eigenvalue weighted by Gasteiger charge is 2.19. The van der Waals surface area contributed by atoms with Gasteiger partial charge in [0, 0.05) is 7.05 Å². The van der Waals surface area contributed by atoms with Gasteiger partial charge in [-0.3, -0.25) is 4.79 Å². The maximum atomic E-state index is 11.8. The van der Waals surface area contributed by atoms with Crippen LogP contribution in [0.15, 0.2) is 23.1 Å². The fourth-order valence-electron chi connectivity index (χ4n) is 1.02. The molecule has 0 aliphatic carbocycles. The molecule has 1 amide bonds. The van der Waals surface area contributed by atoms with E-state index in [4.69, 9.17) is 23.2 Å². The number of rotatable bonds is 4. The van der Waals surface area contributed by atoms with Crippen molar-refractivity contribution in [3.63, 3.8) is 0 Å². The number of carbonyl (C=O) groups excluding carboxylic acids is 1. The number of hydrogen-bond acceptors (Lipinski definition) is 3. The average Bonchev–Trinajstić information content (AvgIpc) is 2.29. The van der Waals surface area contributed by atoms with Crippen LogP contribution in [0.2, 0.25) is 10.0 Å². The summed E-state index contributed by atoms with van der Waals surface area (Å²) in [6.45, 7) is -0.359. The molecule has 1 rings (SSSR count). The van der Waals surface area contributed by atoms with Crippen molar-refractivity contribution in [1.29, 1.82) is 0 Å². The van der Waals surface area contributed by atoms with Crippen LogP contribution in [-0.2, 0) is 14.8 Å². The number of likely N-dealkylation sites (N-methyl/N-ethyl adjacent to an activating group) is 1. The molecule has 2 N–H and O–H groups in total. The number of benzene rings is 1. The number of sulfonamides is 1. The van der Waals surface area contributed by atoms with Gasteiger partial charge in [0.05, 0.1) is 16.6 Å². The Hall–Kier alpha value is -0.820. The topological polar surface area (TPSA) is 75.3 Å². The first-order valence-corrected chi connectivity index (χ1v) is 6.76. The summed E-state index contributed by atoms with van der Waals surface area (Å²) < 4.78 is 25.7. The first kappa shape index (κ1) is 14.2. The SMILES string of the molecule is CNC(=O)CNS(=O)(=O)c1cccc(Cl)c1Cl. The number of carbonyl (C=O) groups is 1. The van der Waals surface area contributed by atoms with Gasteiger partial charge in [0.2, 0.25) is 15.9 Å². The number of nitrogens with one attached hydrogen (secondary N) is 2. The van der Waals surface area contributed by atoms with E-state index in [-0.39, 0.29) is 21.5 Å². The van der Waals surface area contributed by atoms with E-state index in [1.54, 1.807) is 0 Å². The van der Waals surface area contributed by atoms with Crippen molar-refractivity contribution in [2.24, 2.45) is 0 Å². The van der Waals surface area contributed by atoms with Crippen molar-refractivity contribution in [2.75, 3.05) is 13.6 Å². The van der Waals surface area contributed by atoms with Gasteiger partial charge >= 0.3 is 0 Å². The minimum atomic E-state index is -3.85. The van der Waals surface area contributed by atoms with Crippen molar-refractivity contribution in [3.05, 3.63) is 28.2 Å². The molecule has 0 aromatic heterocycles. The van der Waals surface area contributed by atoms with Gasteiger partial charge in [-0.25, -0.2) is 13.1 Å². The summed E-state index contributed by atoms with van der Waals surface area (Å²) in [5, 5.41) is 2.35. The summed E-state index contributed by atoms with van der Waals surface area (Å²) in [5.74, 6) is -0.452. The van der Waals surface area contributed by atoms with Gasteiger partial charge in [0.25, 0.3) is 0 Å². The van der Waals surface area contributed by atoms with Gasteiger partial charge in [0.15, 0.2) is 0 Å². The van der Waals surface area contributed by atoms with Crippen LogP contribution in [0.3, 0.4) is 0 Å². The van der Waals surface area contributed by atoms with Gasteiger partial charge < -0.3 is 5.32 Å². The molecule has 94 valence electrons. The lowest BCUT2D eigenvalue weighted by molar-refractivity contribution is -0.119. The summed E-state index contributed by atoms with van der Waals surface area (Å²) >= 11 is 11.5. The Kier molecular flexibility index (Phi) is 4.76. The number of hydrogen-bond donors (Lipinski definition) is 2. The molecule has 0 spiro atoms. The molecule has 0 aliphatic rings. The Morgan fingerprint density at radius 2 is 2.00 bits per heavy atom. The van der Waals surface area contributed by atoms with E-state index in [1.165, 1.54) is 25.2 Å². The molecule has 5 nitrogen and oxygen atoms in total. The molecular formula is C9H10Cl2N2O3S. The van der Waals surface area contributed by atoms with Crippen molar-refractivity contribution >= 4 is 39.1 Å². The third-order valence-corrected chi connectivity index (χ3v) is 4.28. The Morgan fingerprint density at radius 1 is 1.35 bits per heavy atom. The monoisotopic (exact) mass is 296 g/mol. The first-order valence-electron chi connectivity index (χ1n) is 4.52. The molecule has 1 aromatic carbocycles. The van der Waals surface area contributed by atoms with Gasteiger partial charge in [0.1, 0.15) is 4.90 Å². The highest BCUT2D eigenvalue weighted by Crippen LogP contribution is 2.28. The van der Waals surface area contributed by atoms with E-state index < -0.39 is 15.9 Å². The summed E-state index contributed by atoms with van der Waals surface area (Å²) in [6.07, 6.45) is 0. The fourth-order valence-corrected chi connectivity index (χ4v) is 2.76. The molecular weight excluding hydrogens is 287 g/mol. The summed E-state index contributed by atoms with van der Waals surface area (Å²) in [5.41, 5.74) is 0. The van der Waals surface area contributed by atoms with E-state index in [0.717, 1.165) is 0 Å². The van der Waals surface area contributed by atoms with E-state index >= 15 is 0 Å². The second kappa shape index (κ2) is 5.68. The lowest BCUT2D eigenvalue weighted by Gasteiger charge is -2.08. The van der Waals surface area contributed by atoms with E-state index in [1.807, 2.05) is 0 Å². The Balaban J connectivity index is 2.98. The van der Waals surface area contributed by atoms with E-state index in [0.29, 0.717) is 0 Å². The molecule has 0 bridgehead atoms. The predicted molar refractivity (Wildman–Crippen MR) is 65.7 cm³/mol. The summed E-state index contributed by atoms with van der Waals surface area (Å²) in [6, 6.07) is 4.24. The summed E-state index contributed by atoms with van der Waals surface area (Å²) in [4.78, 5) is 10.8. The molecule has 8 heteroatoms. The standard InChI is InChI=1S/C9H10Cl2N2O3S/c1-12-8(14)5-13-17(15,16)7-4-2-3-6(10)9(7)11/h2-4,13H,5H2,1H3,(H,12,14). The molecule has 17 heavy (non-hydrogen) atoms. The smallest absolute Gasteiger partial charge is 0.242 e. The van der Waals surface area contributed by atoms with Crippen molar-refractivity contribution in [2.45, 2.75) is 4.90 Å². The van der Waals surface area contributed by atoms with Crippen molar-refractivity contribution < 1.29 is 13.2 Å². The Morgan fingerprint density at radius 3 is 2.59 bits per heavy atom. The van der Waals surface area contributed by atoms with Crippen LogP contribution in [0.4, 0.5) is 0 Å². The molecule has 0 heterocycles. The van der Waals surface area contributed by atoms with Crippen LogP contribution in [0.1, 0.15) is 0 Å². The van der Waals surface area contributed by atoms with Gasteiger partial charge in [-0.1, -0.05) is 29.3 Å². The van der Waals surface area contributed by atoms with Crippen LogP contribution in [0.25, 0.3) is 0 Å². The largest absolute Gasteiger partial charge is 0.358 e. The zero-order valence-corrected chi connectivity index (χ0v) is 11.2. The third kappa shape index (κ3) is 3.57. The second-order valence-corrected chi connectivity index (χ2v) is 5.57. The molecule has 0 atom stereocenters. The highest BCUT2D eigenvalue weighted by molar-refractivity contribution is 7.89. The second-order valence-electron chi connectivity index (χ2n) is 3.05. The van der Waals surface area contributed by atoms with Gasteiger partial charge in [-0.05, 0) is 12.1 Å². The average molecular weight is 297 g/mol. The van der Waals surface area contributed by atoms with Crippen LogP contribution in [0.5, 0.6) is 0 Å². The quantitative estimate of drug-likeness (QED) is 0.871. The van der Waals surface area contributed by atoms with E-state index in [2.05, 4.69) is 10.0 Å². The lowest BCUT2D eigenvalue weighted by atomic mass is 10.4. The van der Waals surface area contributed by atoms with Crippen molar-refractivity contribution in [3.8, 4) is 0 Å². The van der Waals surface area contributed by atoms with Crippen LogP contribution < -0.4 is 10.0 Å². The van der Waals surface area contributed by atoms with Crippen LogP contribution >= 0.6 is 23.2 Å². The Labute approximate surface area is 109 Å². The Bertz CT molecular complexity index is 531. The highest BCUT2D eigenvalue weighted by atomic mass is 35.5. The van der Waals surface area contributed by atoms with E-state index in [9.17, 15) is 13.2 Å². The van der Waals surface area contributed by atoms with Crippen molar-refractivity contribution in [1.82, 2.24) is 10.0 Å². The molecule has 0 saturated heterocycles. The number of amides is 1.